The van der Waals surface area contributed by atoms with E-state index in [2.05, 4.69) is 25.6 Å². The van der Waals surface area contributed by atoms with Gasteiger partial charge in [0.1, 0.15) is 17.4 Å². The molecule has 5 aliphatic rings. The van der Waals surface area contributed by atoms with Crippen LogP contribution >= 0.6 is 0 Å². The molecule has 4 fully saturated rings. The number of likely N-dealkylation sites (tertiary alicyclic amines) is 1. The number of piperidine rings is 2. The van der Waals surface area contributed by atoms with Gasteiger partial charge in [0, 0.05) is 61.8 Å². The van der Waals surface area contributed by atoms with E-state index in [4.69, 9.17) is 9.84 Å². The van der Waals surface area contributed by atoms with Crippen molar-refractivity contribution in [1.82, 2.24) is 39.5 Å². The standard InChI is InChI=1S/C41H41FN10O6/c42-41(22-49(23-41)26-6-7-28-29(17-26)40(57)52(39(28)56)33-8-9-35(53)46-38(33)55)21-48-14-10-25(11-15-48)51-20-24-16-32(34(18-31(24)47-51)58-27-4-1-2-5-27)45-37(54)30-19-44-50-13-3-12-43-36(30)50/h3,6-7,12-13,16-20,25,27,33H,1-2,4-5,8-11,14-15,21-23H2,(H,45,54)(H,46,53,55). The maximum Gasteiger partial charge on any atom is 0.262 e. The number of rotatable bonds is 9. The fraction of sp³-hybridized carbons (Fsp3) is 0.415. The van der Waals surface area contributed by atoms with Gasteiger partial charge in [-0.1, -0.05) is 0 Å². The fourth-order valence-electron chi connectivity index (χ4n) is 9.14. The van der Waals surface area contributed by atoms with Crippen LogP contribution < -0.4 is 20.3 Å². The van der Waals surface area contributed by atoms with Gasteiger partial charge in [0.25, 0.3) is 17.7 Å². The minimum Gasteiger partial charge on any atom is -0.488 e. The molecule has 10 rings (SSSR count). The van der Waals surface area contributed by atoms with E-state index in [1.54, 1.807) is 41.2 Å². The van der Waals surface area contributed by atoms with Crippen molar-refractivity contribution in [2.75, 3.05) is 42.9 Å². The third-order valence-corrected chi connectivity index (χ3v) is 12.2. The molecule has 3 saturated heterocycles. The van der Waals surface area contributed by atoms with Crippen LogP contribution in [0.4, 0.5) is 15.8 Å². The lowest BCUT2D eigenvalue weighted by Crippen LogP contribution is -2.64. The Morgan fingerprint density at radius 2 is 1.78 bits per heavy atom. The van der Waals surface area contributed by atoms with Crippen molar-refractivity contribution in [2.24, 2.45) is 0 Å². The Morgan fingerprint density at radius 3 is 2.57 bits per heavy atom. The summed E-state index contributed by atoms with van der Waals surface area (Å²) in [4.78, 5) is 73.2. The topological polar surface area (TPSA) is 176 Å². The highest BCUT2D eigenvalue weighted by Gasteiger charge is 2.48. The summed E-state index contributed by atoms with van der Waals surface area (Å²) in [5, 5.41) is 15.3. The Hall–Kier alpha value is -6.23. The third kappa shape index (κ3) is 6.42. The molecular weight excluding hydrogens is 748 g/mol. The normalized spacial score (nSPS) is 21.5. The van der Waals surface area contributed by atoms with Crippen molar-refractivity contribution < 1.29 is 33.1 Å². The lowest BCUT2D eigenvalue weighted by Gasteiger charge is -2.48. The Morgan fingerprint density at radius 1 is 0.983 bits per heavy atom. The number of hydrogen-bond donors (Lipinski definition) is 2. The molecule has 3 aromatic heterocycles. The van der Waals surface area contributed by atoms with E-state index in [0.29, 0.717) is 41.4 Å². The molecule has 1 atom stereocenters. The zero-order chi connectivity index (χ0) is 39.7. The average Bonchev–Trinajstić information content (AvgIpc) is 4.01. The van der Waals surface area contributed by atoms with E-state index in [1.807, 2.05) is 27.9 Å². The molecule has 16 nitrogen and oxygen atoms in total. The number of nitrogens with zero attached hydrogens (tertiary/aromatic N) is 8. The molecular formula is C41H41FN10O6. The van der Waals surface area contributed by atoms with Crippen LogP contribution in [0.25, 0.3) is 16.6 Å². The van der Waals surface area contributed by atoms with Gasteiger partial charge < -0.3 is 15.0 Å². The molecule has 1 unspecified atom stereocenters. The van der Waals surface area contributed by atoms with Crippen LogP contribution in [0, 0.1) is 0 Å². The number of anilines is 2. The first-order chi connectivity index (χ1) is 28.1. The number of ether oxygens (including phenoxy) is 1. The minimum atomic E-state index is -1.44. The Kier molecular flexibility index (Phi) is 8.72. The average molecular weight is 789 g/mol. The second-order valence-corrected chi connectivity index (χ2v) is 16.1. The van der Waals surface area contributed by atoms with Crippen LogP contribution in [0.3, 0.4) is 0 Å². The van der Waals surface area contributed by atoms with E-state index < -0.39 is 35.3 Å². The van der Waals surface area contributed by atoms with E-state index in [1.165, 1.54) is 6.20 Å². The van der Waals surface area contributed by atoms with Crippen LogP contribution in [-0.4, -0.2) is 114 Å². The van der Waals surface area contributed by atoms with Crippen molar-refractivity contribution in [3.8, 4) is 5.75 Å². The Bertz CT molecular complexity index is 2510. The summed E-state index contributed by atoms with van der Waals surface area (Å²) in [5.41, 5.74) is 1.71. The lowest BCUT2D eigenvalue weighted by molar-refractivity contribution is -0.136. The van der Waals surface area contributed by atoms with E-state index in [-0.39, 0.29) is 61.7 Å². The summed E-state index contributed by atoms with van der Waals surface area (Å²) >= 11 is 0. The zero-order valence-corrected chi connectivity index (χ0v) is 31.6. The number of imide groups is 2. The second-order valence-electron chi connectivity index (χ2n) is 16.1. The van der Waals surface area contributed by atoms with Gasteiger partial charge in [-0.3, -0.25) is 43.8 Å². The fourth-order valence-corrected chi connectivity index (χ4v) is 9.14. The van der Waals surface area contributed by atoms with Gasteiger partial charge in [0.2, 0.25) is 11.8 Å². The van der Waals surface area contributed by atoms with Crippen LogP contribution in [-0.2, 0) is 9.59 Å². The van der Waals surface area contributed by atoms with Gasteiger partial charge in [-0.2, -0.15) is 10.2 Å². The molecule has 7 heterocycles. The minimum absolute atomic E-state index is 0.0461. The quantitative estimate of drug-likeness (QED) is 0.207. The van der Waals surface area contributed by atoms with Crippen molar-refractivity contribution in [1.29, 1.82) is 0 Å². The molecule has 58 heavy (non-hydrogen) atoms. The molecule has 1 saturated carbocycles. The number of halogens is 1. The first-order valence-corrected chi connectivity index (χ1v) is 19.9. The maximum absolute atomic E-state index is 16.1. The number of fused-ring (bicyclic) bond motifs is 3. The monoisotopic (exact) mass is 788 g/mol. The number of hydrogen-bond acceptors (Lipinski definition) is 11. The summed E-state index contributed by atoms with van der Waals surface area (Å²) in [6.07, 6.45) is 12.8. The number of carbonyl (C=O) groups is 5. The van der Waals surface area contributed by atoms with Crippen LogP contribution in [0.1, 0.15) is 88.5 Å². The molecule has 298 valence electrons. The van der Waals surface area contributed by atoms with Crippen LogP contribution in [0.5, 0.6) is 5.75 Å². The molecule has 1 aliphatic carbocycles. The predicted octanol–water partition coefficient (Wildman–Crippen LogP) is 3.92. The second kappa shape index (κ2) is 14.0. The molecule has 0 bridgehead atoms. The number of nitrogens with one attached hydrogen (secondary N) is 2. The van der Waals surface area contributed by atoms with Gasteiger partial charge in [-0.25, -0.2) is 13.9 Å². The lowest BCUT2D eigenvalue weighted by atomic mass is 9.92. The van der Waals surface area contributed by atoms with Gasteiger partial charge >= 0.3 is 0 Å². The van der Waals surface area contributed by atoms with Crippen molar-refractivity contribution in [2.45, 2.75) is 75.2 Å². The number of aromatic nitrogens is 5. The zero-order valence-electron chi connectivity index (χ0n) is 31.6. The van der Waals surface area contributed by atoms with E-state index >= 15 is 4.39 Å². The number of benzene rings is 2. The number of amides is 5. The van der Waals surface area contributed by atoms with Crippen molar-refractivity contribution in [3.05, 3.63) is 77.9 Å². The highest BCUT2D eigenvalue weighted by atomic mass is 19.1. The van der Waals surface area contributed by atoms with Gasteiger partial charge in [-0.15, -0.1) is 0 Å². The van der Waals surface area contributed by atoms with Crippen LogP contribution in [0.2, 0.25) is 0 Å². The van der Waals surface area contributed by atoms with Crippen molar-refractivity contribution in [3.63, 3.8) is 0 Å². The smallest absolute Gasteiger partial charge is 0.262 e. The largest absolute Gasteiger partial charge is 0.488 e. The molecule has 17 heteroatoms. The van der Waals surface area contributed by atoms with Crippen LogP contribution in [0.15, 0.2) is 61.2 Å². The SMILES string of the molecule is O=C1CCC(N2C(=O)c3ccc(N4CC(F)(CN5CCC(n6cc7cc(NC(=O)c8cnn9cccnc89)c(OC8CCCC8)cc7n6)CC5)C4)cc3C2=O)C(=O)N1. The summed E-state index contributed by atoms with van der Waals surface area (Å²) < 4.78 is 26.1. The molecule has 5 aromatic rings. The molecule has 0 radical (unpaired) electrons. The summed E-state index contributed by atoms with van der Waals surface area (Å²) in [7, 11) is 0. The van der Waals surface area contributed by atoms with E-state index in [0.717, 1.165) is 54.3 Å². The molecule has 2 aromatic carbocycles. The van der Waals surface area contributed by atoms with Crippen molar-refractivity contribution >= 4 is 57.5 Å². The summed E-state index contributed by atoms with van der Waals surface area (Å²) in [6, 6.07) is 9.50. The number of carbonyl (C=O) groups excluding carboxylic acids is 5. The van der Waals surface area contributed by atoms with Gasteiger partial charge in [0.05, 0.1) is 53.8 Å². The molecule has 0 spiro atoms. The first-order valence-electron chi connectivity index (χ1n) is 19.9. The maximum atomic E-state index is 16.1. The van der Waals surface area contributed by atoms with E-state index in [9.17, 15) is 24.0 Å². The molecule has 5 amide bonds. The summed E-state index contributed by atoms with van der Waals surface area (Å²) in [6.45, 7) is 1.96. The highest BCUT2D eigenvalue weighted by Crippen LogP contribution is 2.38. The molecule has 4 aliphatic heterocycles. The third-order valence-electron chi connectivity index (χ3n) is 12.2. The first kappa shape index (κ1) is 36.1. The Balaban J connectivity index is 0.778. The molecule has 2 N–H and O–H groups in total. The Labute approximate surface area is 331 Å². The predicted molar refractivity (Wildman–Crippen MR) is 207 cm³/mol. The highest BCUT2D eigenvalue weighted by molar-refractivity contribution is 6.23. The van der Waals surface area contributed by atoms with Gasteiger partial charge in [-0.05, 0) is 75.3 Å². The van der Waals surface area contributed by atoms with Gasteiger partial charge in [0.15, 0.2) is 11.3 Å². The number of alkyl halides is 1. The summed E-state index contributed by atoms with van der Waals surface area (Å²) in [5.74, 6) is -2.00.